The van der Waals surface area contributed by atoms with Crippen molar-refractivity contribution in [1.82, 2.24) is 24.6 Å². The third kappa shape index (κ3) is 4.60. The van der Waals surface area contributed by atoms with Crippen LogP contribution in [0.3, 0.4) is 0 Å². The van der Waals surface area contributed by atoms with Crippen LogP contribution in [-0.4, -0.2) is 57.4 Å². The van der Waals surface area contributed by atoms with Gasteiger partial charge in [0.1, 0.15) is 5.69 Å². The molecule has 1 saturated heterocycles. The van der Waals surface area contributed by atoms with Crippen LogP contribution >= 0.6 is 0 Å². The predicted molar refractivity (Wildman–Crippen MR) is 133 cm³/mol. The van der Waals surface area contributed by atoms with Crippen LogP contribution in [0.15, 0.2) is 18.3 Å². The highest BCUT2D eigenvalue weighted by molar-refractivity contribution is 5.71. The van der Waals surface area contributed by atoms with E-state index in [1.807, 2.05) is 20.0 Å². The van der Waals surface area contributed by atoms with Crippen molar-refractivity contribution in [3.8, 4) is 0 Å². The number of aromatic nitrogens is 5. The summed E-state index contributed by atoms with van der Waals surface area (Å²) in [5.41, 5.74) is 2.49. The van der Waals surface area contributed by atoms with Crippen LogP contribution in [0.25, 0.3) is 0 Å². The standard InChI is InChI=1S/C24H32FN9O/c1-14-10-20(30-32(14)5)27-23-19(33-9-8-31(4)15(2)13-33)12-26-24(29-23)28-21-11-18(17-6-7-17)22(25)16(3)34(21)35/h10-12,15,17H,6-9,13H2,1-5H3,(H2,26,27,28,29,30). The average molecular weight is 482 g/mol. The third-order valence-corrected chi connectivity index (χ3v) is 7.07. The first-order valence-electron chi connectivity index (χ1n) is 12.0. The molecular weight excluding hydrogens is 449 g/mol. The molecule has 0 bridgehead atoms. The number of nitrogens with zero attached hydrogens (tertiary/aromatic N) is 7. The second-order valence-electron chi connectivity index (χ2n) is 9.70. The van der Waals surface area contributed by atoms with E-state index >= 15 is 0 Å². The summed E-state index contributed by atoms with van der Waals surface area (Å²) in [4.78, 5) is 13.8. The highest BCUT2D eigenvalue weighted by Crippen LogP contribution is 2.42. The molecule has 2 fully saturated rings. The summed E-state index contributed by atoms with van der Waals surface area (Å²) in [6.45, 7) is 8.28. The van der Waals surface area contributed by atoms with Crippen molar-refractivity contribution in [3.05, 3.63) is 46.3 Å². The summed E-state index contributed by atoms with van der Waals surface area (Å²) in [6, 6.07) is 3.92. The van der Waals surface area contributed by atoms with E-state index in [4.69, 9.17) is 4.98 Å². The van der Waals surface area contributed by atoms with E-state index in [2.05, 4.69) is 44.5 Å². The van der Waals surface area contributed by atoms with Gasteiger partial charge in [0.25, 0.3) is 5.82 Å². The first-order valence-corrected chi connectivity index (χ1v) is 12.0. The maximum absolute atomic E-state index is 14.6. The highest BCUT2D eigenvalue weighted by atomic mass is 19.1. The van der Waals surface area contributed by atoms with Crippen LogP contribution in [0.2, 0.25) is 0 Å². The van der Waals surface area contributed by atoms with Crippen molar-refractivity contribution in [3.63, 3.8) is 0 Å². The van der Waals surface area contributed by atoms with Gasteiger partial charge >= 0.3 is 5.95 Å². The zero-order valence-electron chi connectivity index (χ0n) is 20.8. The third-order valence-electron chi connectivity index (χ3n) is 7.07. The molecule has 35 heavy (non-hydrogen) atoms. The number of nitrogens with one attached hydrogen (secondary N) is 2. The molecule has 3 aromatic heterocycles. The Kier molecular flexibility index (Phi) is 5.96. The molecule has 5 rings (SSSR count). The van der Waals surface area contributed by atoms with E-state index in [0.29, 0.717) is 28.0 Å². The molecule has 2 aliphatic rings. The molecule has 1 aliphatic carbocycles. The molecule has 2 N–H and O–H groups in total. The maximum atomic E-state index is 14.6. The topological polar surface area (TPSA) is 101 Å². The van der Waals surface area contributed by atoms with Crippen LogP contribution in [0.5, 0.6) is 0 Å². The molecular formula is C24H32FN9O. The second kappa shape index (κ2) is 8.95. The van der Waals surface area contributed by atoms with Gasteiger partial charge in [0, 0.05) is 63.0 Å². The monoisotopic (exact) mass is 481 g/mol. The molecule has 10 nitrogen and oxygen atoms in total. The number of piperazine rings is 1. The molecule has 1 aliphatic heterocycles. The molecule has 0 radical (unpaired) electrons. The van der Waals surface area contributed by atoms with Crippen LogP contribution in [0.4, 0.5) is 33.5 Å². The van der Waals surface area contributed by atoms with Crippen molar-refractivity contribution >= 4 is 29.1 Å². The van der Waals surface area contributed by atoms with Crippen molar-refractivity contribution in [2.45, 2.75) is 45.6 Å². The molecule has 4 heterocycles. The van der Waals surface area contributed by atoms with Gasteiger partial charge in [-0.2, -0.15) is 15.1 Å². The van der Waals surface area contributed by atoms with E-state index in [1.54, 1.807) is 16.9 Å². The lowest BCUT2D eigenvalue weighted by molar-refractivity contribution is -0.599. The lowest BCUT2D eigenvalue weighted by Crippen LogP contribution is -2.50. The van der Waals surface area contributed by atoms with Crippen molar-refractivity contribution in [1.29, 1.82) is 0 Å². The number of likely N-dealkylation sites (N-methyl/N-ethyl adjacent to an activating group) is 1. The molecule has 3 aromatic rings. The minimum Gasteiger partial charge on any atom is -0.710 e. The molecule has 186 valence electrons. The highest BCUT2D eigenvalue weighted by Gasteiger charge is 2.31. The summed E-state index contributed by atoms with van der Waals surface area (Å²) in [7, 11) is 4.01. The predicted octanol–water partition coefficient (Wildman–Crippen LogP) is 3.10. The normalized spacial score (nSPS) is 18.7. The second-order valence-corrected chi connectivity index (χ2v) is 9.70. The zero-order valence-corrected chi connectivity index (χ0v) is 20.8. The van der Waals surface area contributed by atoms with Gasteiger partial charge in [0.2, 0.25) is 0 Å². The van der Waals surface area contributed by atoms with Crippen molar-refractivity contribution in [2.24, 2.45) is 7.05 Å². The van der Waals surface area contributed by atoms with Gasteiger partial charge in [0.05, 0.1) is 11.9 Å². The summed E-state index contributed by atoms with van der Waals surface area (Å²) < 4.78 is 17.0. The Bertz CT molecular complexity index is 1240. The van der Waals surface area contributed by atoms with Crippen LogP contribution in [0.1, 0.15) is 42.6 Å². The number of pyridine rings is 1. The van der Waals surface area contributed by atoms with Gasteiger partial charge in [-0.1, -0.05) is 0 Å². The molecule has 1 atom stereocenters. The fraction of sp³-hybridized carbons (Fsp3) is 0.500. The number of halogens is 1. The van der Waals surface area contributed by atoms with Gasteiger partial charge < -0.3 is 20.3 Å². The molecule has 1 unspecified atom stereocenters. The van der Waals surface area contributed by atoms with E-state index in [9.17, 15) is 9.60 Å². The summed E-state index contributed by atoms with van der Waals surface area (Å²) in [5, 5.41) is 23.6. The van der Waals surface area contributed by atoms with E-state index in [0.717, 1.165) is 43.9 Å². The number of aryl methyl sites for hydroxylation is 2. The minimum absolute atomic E-state index is 0.0438. The Labute approximate surface area is 204 Å². The molecule has 0 amide bonds. The molecule has 1 saturated carbocycles. The van der Waals surface area contributed by atoms with Crippen LogP contribution < -0.4 is 20.3 Å². The summed E-state index contributed by atoms with van der Waals surface area (Å²) >= 11 is 0. The number of hydrogen-bond acceptors (Lipinski definition) is 8. The van der Waals surface area contributed by atoms with Gasteiger partial charge in [-0.05, 0) is 39.7 Å². The smallest absolute Gasteiger partial charge is 0.321 e. The van der Waals surface area contributed by atoms with Crippen molar-refractivity contribution < 1.29 is 9.12 Å². The zero-order chi connectivity index (χ0) is 24.9. The SMILES string of the molecule is Cc1cc(Nc2nc(Nc3cc(C4CC4)c(F)c(C)[n+]3[O-])ncc2N2CCN(C)C(C)C2)nn1C. The fourth-order valence-electron chi connectivity index (χ4n) is 4.41. The van der Waals surface area contributed by atoms with Crippen molar-refractivity contribution in [2.75, 3.05) is 42.2 Å². The van der Waals surface area contributed by atoms with Crippen LogP contribution in [0, 0.1) is 24.9 Å². The fourth-order valence-corrected chi connectivity index (χ4v) is 4.41. The first kappa shape index (κ1) is 23.3. The first-order chi connectivity index (χ1) is 16.7. The maximum Gasteiger partial charge on any atom is 0.321 e. The Hall–Kier alpha value is -3.47. The number of anilines is 5. The summed E-state index contributed by atoms with van der Waals surface area (Å²) in [5.74, 6) is 1.47. The van der Waals surface area contributed by atoms with Gasteiger partial charge in [-0.15, -0.1) is 0 Å². The Morgan fingerprint density at radius 3 is 2.57 bits per heavy atom. The quantitative estimate of drug-likeness (QED) is 0.409. The van der Waals surface area contributed by atoms with E-state index in [1.165, 1.54) is 6.92 Å². The lowest BCUT2D eigenvalue weighted by Gasteiger charge is -2.39. The largest absolute Gasteiger partial charge is 0.710 e. The van der Waals surface area contributed by atoms with Crippen LogP contribution in [-0.2, 0) is 7.05 Å². The average Bonchev–Trinajstić information content (AvgIpc) is 3.61. The van der Waals surface area contributed by atoms with Gasteiger partial charge in [-0.25, -0.2) is 14.4 Å². The molecule has 0 spiro atoms. The van der Waals surface area contributed by atoms with Gasteiger partial charge in [-0.3, -0.25) is 4.68 Å². The molecule has 11 heteroatoms. The number of rotatable bonds is 6. The molecule has 0 aromatic carbocycles. The van der Waals surface area contributed by atoms with Gasteiger partial charge in [0.15, 0.2) is 17.5 Å². The summed E-state index contributed by atoms with van der Waals surface area (Å²) in [6.07, 6.45) is 3.63. The Morgan fingerprint density at radius 2 is 1.91 bits per heavy atom. The Morgan fingerprint density at radius 1 is 1.14 bits per heavy atom. The number of hydrogen-bond donors (Lipinski definition) is 2. The van der Waals surface area contributed by atoms with E-state index < -0.39 is 5.82 Å². The van der Waals surface area contributed by atoms with E-state index in [-0.39, 0.29) is 23.4 Å². The lowest BCUT2D eigenvalue weighted by atomic mass is 10.1. The Balaban J connectivity index is 1.49. The minimum atomic E-state index is -0.429.